The average Bonchev–Trinajstić information content (AvgIpc) is 3.09. The maximum absolute atomic E-state index is 12.0. The molecule has 4 N–H and O–H groups in total. The van der Waals surface area contributed by atoms with Crippen molar-refractivity contribution >= 4 is 21.6 Å². The van der Waals surface area contributed by atoms with Gasteiger partial charge in [-0.25, -0.2) is 13.6 Å². The highest BCUT2D eigenvalue weighted by molar-refractivity contribution is 7.89. The average molecular weight is 341 g/mol. The topological polar surface area (TPSA) is 105 Å². The fourth-order valence-electron chi connectivity index (χ4n) is 2.36. The number of anilines is 1. The first kappa shape index (κ1) is 16.0. The third-order valence-corrected chi connectivity index (χ3v) is 4.46. The summed E-state index contributed by atoms with van der Waals surface area (Å²) in [6.07, 6.45) is 1.67. The van der Waals surface area contributed by atoms with E-state index in [9.17, 15) is 13.2 Å². The van der Waals surface area contributed by atoms with E-state index >= 15 is 0 Å². The second-order valence-electron chi connectivity index (χ2n) is 5.16. The monoisotopic (exact) mass is 341 g/mol. The maximum Gasteiger partial charge on any atom is 0.272 e. The Morgan fingerprint density at radius 1 is 0.958 bits per heavy atom. The van der Waals surface area contributed by atoms with E-state index in [-0.39, 0.29) is 10.8 Å². The van der Waals surface area contributed by atoms with Crippen molar-refractivity contribution in [3.8, 4) is 11.1 Å². The van der Waals surface area contributed by atoms with Crippen LogP contribution < -0.4 is 10.5 Å². The fraction of sp³-hybridized carbons (Fsp3) is 0. The molecule has 122 valence electrons. The number of sulfonamides is 1. The Balaban J connectivity index is 1.87. The van der Waals surface area contributed by atoms with E-state index in [1.807, 2.05) is 0 Å². The highest BCUT2D eigenvalue weighted by atomic mass is 32.2. The van der Waals surface area contributed by atoms with E-state index in [1.165, 1.54) is 6.07 Å². The first-order valence-corrected chi connectivity index (χ1v) is 8.67. The summed E-state index contributed by atoms with van der Waals surface area (Å²) in [6, 6.07) is 16.8. The van der Waals surface area contributed by atoms with Crippen LogP contribution in [0.2, 0.25) is 0 Å². The van der Waals surface area contributed by atoms with Crippen molar-refractivity contribution in [2.75, 3.05) is 5.32 Å². The lowest BCUT2D eigenvalue weighted by Crippen LogP contribution is -2.13. The van der Waals surface area contributed by atoms with Crippen molar-refractivity contribution in [2.24, 2.45) is 5.14 Å². The highest BCUT2D eigenvalue weighted by Crippen LogP contribution is 2.27. The third kappa shape index (κ3) is 3.37. The van der Waals surface area contributed by atoms with Crippen LogP contribution in [0.25, 0.3) is 11.1 Å². The molecule has 3 aromatic rings. The number of aromatic nitrogens is 1. The van der Waals surface area contributed by atoms with Crippen molar-refractivity contribution in [2.45, 2.75) is 4.90 Å². The number of hydrogen-bond donors (Lipinski definition) is 3. The summed E-state index contributed by atoms with van der Waals surface area (Å²) in [4.78, 5) is 14.9. The van der Waals surface area contributed by atoms with Crippen LogP contribution in [0.5, 0.6) is 0 Å². The molecule has 1 amide bonds. The second-order valence-corrected chi connectivity index (χ2v) is 6.69. The summed E-state index contributed by atoms with van der Waals surface area (Å²) in [5.74, 6) is -0.252. The summed E-state index contributed by atoms with van der Waals surface area (Å²) in [5.41, 5.74) is 2.27. The van der Waals surface area contributed by atoms with Crippen LogP contribution in [-0.4, -0.2) is 19.3 Å². The third-order valence-electron chi connectivity index (χ3n) is 3.49. The molecule has 0 fully saturated rings. The molecule has 6 nitrogen and oxygen atoms in total. The molecule has 0 atom stereocenters. The van der Waals surface area contributed by atoms with E-state index < -0.39 is 10.0 Å². The number of aromatic amines is 1. The minimum atomic E-state index is -3.81. The van der Waals surface area contributed by atoms with E-state index in [0.717, 1.165) is 0 Å². The Kier molecular flexibility index (Phi) is 4.20. The lowest BCUT2D eigenvalue weighted by atomic mass is 10.1. The minimum Gasteiger partial charge on any atom is -0.357 e. The number of hydrogen-bond acceptors (Lipinski definition) is 3. The lowest BCUT2D eigenvalue weighted by molar-refractivity contribution is 0.102. The van der Waals surface area contributed by atoms with Crippen LogP contribution in [0.3, 0.4) is 0 Å². The van der Waals surface area contributed by atoms with Gasteiger partial charge in [0.25, 0.3) is 5.91 Å². The fourth-order valence-corrected chi connectivity index (χ4v) is 3.12. The van der Waals surface area contributed by atoms with E-state index in [1.54, 1.807) is 60.8 Å². The van der Waals surface area contributed by atoms with Gasteiger partial charge in [-0.05, 0) is 35.9 Å². The first-order chi connectivity index (χ1) is 11.4. The molecular weight excluding hydrogens is 326 g/mol. The highest BCUT2D eigenvalue weighted by Gasteiger charge is 2.14. The molecular formula is C17H15N3O3S. The smallest absolute Gasteiger partial charge is 0.272 e. The normalized spacial score (nSPS) is 11.2. The van der Waals surface area contributed by atoms with Crippen LogP contribution >= 0.6 is 0 Å². The first-order valence-electron chi connectivity index (χ1n) is 7.12. The number of H-pyrrole nitrogens is 1. The second kappa shape index (κ2) is 6.31. The molecule has 1 heterocycles. The Labute approximate surface area is 139 Å². The molecule has 0 aliphatic heterocycles. The summed E-state index contributed by atoms with van der Waals surface area (Å²) >= 11 is 0. The standard InChI is InChI=1S/C17H15N3O3S/c18-24(22,23)16-6-2-1-4-14(16)12-7-9-13(10-8-12)20-17(21)15-5-3-11-19-15/h1-11,19H,(H,20,21)(H2,18,22,23). The molecule has 0 saturated heterocycles. The van der Waals surface area contributed by atoms with Gasteiger partial charge in [-0.2, -0.15) is 0 Å². The van der Waals surface area contributed by atoms with Crippen LogP contribution in [0.15, 0.2) is 71.8 Å². The quantitative estimate of drug-likeness (QED) is 0.679. The van der Waals surface area contributed by atoms with Gasteiger partial charge in [0.1, 0.15) is 5.69 Å². The van der Waals surface area contributed by atoms with Gasteiger partial charge in [-0.3, -0.25) is 4.79 Å². The van der Waals surface area contributed by atoms with Crippen LogP contribution in [0, 0.1) is 0 Å². The zero-order valence-corrected chi connectivity index (χ0v) is 13.4. The largest absolute Gasteiger partial charge is 0.357 e. The summed E-state index contributed by atoms with van der Waals surface area (Å²) in [5, 5.41) is 8.01. The summed E-state index contributed by atoms with van der Waals surface area (Å²) in [6.45, 7) is 0. The number of carbonyl (C=O) groups is 1. The Hall–Kier alpha value is -2.90. The van der Waals surface area contributed by atoms with Gasteiger partial charge in [0.05, 0.1) is 4.90 Å². The van der Waals surface area contributed by atoms with E-state index in [2.05, 4.69) is 10.3 Å². The molecule has 0 aliphatic rings. The summed E-state index contributed by atoms with van der Waals surface area (Å²) in [7, 11) is -3.81. The Morgan fingerprint density at radius 2 is 1.67 bits per heavy atom. The molecule has 0 aliphatic carbocycles. The van der Waals surface area contributed by atoms with Crippen molar-refractivity contribution < 1.29 is 13.2 Å². The number of benzene rings is 2. The number of nitrogens with one attached hydrogen (secondary N) is 2. The van der Waals surface area contributed by atoms with Gasteiger partial charge in [0, 0.05) is 17.4 Å². The van der Waals surface area contributed by atoms with Gasteiger partial charge < -0.3 is 10.3 Å². The summed E-state index contributed by atoms with van der Waals surface area (Å²) < 4.78 is 23.4. The Morgan fingerprint density at radius 3 is 2.29 bits per heavy atom. The molecule has 0 saturated carbocycles. The Bertz CT molecular complexity index is 963. The molecule has 0 spiro atoms. The predicted molar refractivity (Wildman–Crippen MR) is 92.0 cm³/mol. The van der Waals surface area contributed by atoms with Crippen molar-refractivity contribution in [1.29, 1.82) is 0 Å². The van der Waals surface area contributed by atoms with Gasteiger partial charge in [-0.1, -0.05) is 30.3 Å². The van der Waals surface area contributed by atoms with Crippen molar-refractivity contribution in [1.82, 2.24) is 4.98 Å². The molecule has 0 bridgehead atoms. The van der Waals surface area contributed by atoms with Crippen molar-refractivity contribution in [3.63, 3.8) is 0 Å². The van der Waals surface area contributed by atoms with Gasteiger partial charge >= 0.3 is 0 Å². The number of carbonyl (C=O) groups excluding carboxylic acids is 1. The number of nitrogens with two attached hydrogens (primary N) is 1. The number of amides is 1. The molecule has 1 aromatic heterocycles. The van der Waals surface area contributed by atoms with E-state index in [0.29, 0.717) is 22.5 Å². The molecule has 24 heavy (non-hydrogen) atoms. The molecule has 0 radical (unpaired) electrons. The zero-order chi connectivity index (χ0) is 17.2. The SMILES string of the molecule is NS(=O)(=O)c1ccccc1-c1ccc(NC(=O)c2ccc[nH]2)cc1. The van der Waals surface area contributed by atoms with Crippen LogP contribution in [-0.2, 0) is 10.0 Å². The maximum atomic E-state index is 12.0. The molecule has 2 aromatic carbocycles. The molecule has 7 heteroatoms. The molecule has 0 unspecified atom stereocenters. The van der Waals surface area contributed by atoms with Gasteiger partial charge in [0.15, 0.2) is 0 Å². The predicted octanol–water partition coefficient (Wildman–Crippen LogP) is 2.58. The van der Waals surface area contributed by atoms with Crippen LogP contribution in [0.4, 0.5) is 5.69 Å². The van der Waals surface area contributed by atoms with Crippen molar-refractivity contribution in [3.05, 3.63) is 72.6 Å². The number of primary sulfonamides is 1. The molecule has 3 rings (SSSR count). The number of rotatable bonds is 4. The van der Waals surface area contributed by atoms with Gasteiger partial charge in [-0.15, -0.1) is 0 Å². The van der Waals surface area contributed by atoms with Gasteiger partial charge in [0.2, 0.25) is 10.0 Å². The zero-order valence-electron chi connectivity index (χ0n) is 12.6. The minimum absolute atomic E-state index is 0.0631. The van der Waals surface area contributed by atoms with Crippen LogP contribution in [0.1, 0.15) is 10.5 Å². The lowest BCUT2D eigenvalue weighted by Gasteiger charge is -2.09. The van der Waals surface area contributed by atoms with E-state index in [4.69, 9.17) is 5.14 Å².